The van der Waals surface area contributed by atoms with Gasteiger partial charge in [-0.25, -0.2) is 0 Å². The first kappa shape index (κ1) is 15.7. The van der Waals surface area contributed by atoms with E-state index in [4.69, 9.17) is 19.4 Å². The summed E-state index contributed by atoms with van der Waals surface area (Å²) in [6.07, 6.45) is 0. The summed E-state index contributed by atoms with van der Waals surface area (Å²) in [5.41, 5.74) is 7.12. The van der Waals surface area contributed by atoms with Crippen molar-refractivity contribution in [3.05, 3.63) is 53.3 Å². The van der Waals surface area contributed by atoms with Crippen molar-refractivity contribution in [2.24, 2.45) is 0 Å². The van der Waals surface area contributed by atoms with Crippen molar-refractivity contribution in [2.75, 3.05) is 12.8 Å². The van der Waals surface area contributed by atoms with E-state index in [0.29, 0.717) is 18.1 Å². The number of anilines is 1. The van der Waals surface area contributed by atoms with Gasteiger partial charge in [0.05, 0.1) is 7.11 Å². The van der Waals surface area contributed by atoms with E-state index < -0.39 is 0 Å². The van der Waals surface area contributed by atoms with Crippen LogP contribution in [0.15, 0.2) is 45.3 Å². The van der Waals surface area contributed by atoms with Gasteiger partial charge >= 0.3 is 0 Å². The molecule has 124 valence electrons. The van der Waals surface area contributed by atoms with Gasteiger partial charge in [0.15, 0.2) is 11.5 Å². The summed E-state index contributed by atoms with van der Waals surface area (Å²) in [5.74, 6) is 1.46. The molecule has 0 aliphatic heterocycles. The Bertz CT molecular complexity index is 849. The highest BCUT2D eigenvalue weighted by molar-refractivity contribution is 6.03. The molecule has 7 heteroatoms. The second-order valence-electron chi connectivity index (χ2n) is 5.21. The number of benzene rings is 1. The number of aromatic nitrogens is 1. The van der Waals surface area contributed by atoms with Crippen LogP contribution in [-0.4, -0.2) is 18.2 Å². The van der Waals surface area contributed by atoms with Crippen molar-refractivity contribution in [3.8, 4) is 17.2 Å². The Morgan fingerprint density at radius 1 is 1.25 bits per heavy atom. The number of carbonyl (C=O) groups excluding carboxylic acids is 1. The van der Waals surface area contributed by atoms with E-state index in [9.17, 15) is 4.79 Å². The van der Waals surface area contributed by atoms with Crippen LogP contribution < -0.4 is 15.8 Å². The number of nitrogens with one attached hydrogen (secondary N) is 1. The van der Waals surface area contributed by atoms with Crippen LogP contribution in [0.5, 0.6) is 5.75 Å². The molecule has 0 aliphatic rings. The average molecular weight is 327 g/mol. The molecule has 3 aromatic rings. The van der Waals surface area contributed by atoms with Crippen molar-refractivity contribution < 1.29 is 18.5 Å². The fourth-order valence-electron chi connectivity index (χ4n) is 2.27. The molecule has 1 amide bonds. The molecule has 0 fully saturated rings. The van der Waals surface area contributed by atoms with Crippen molar-refractivity contribution in [3.63, 3.8) is 0 Å². The van der Waals surface area contributed by atoms with Crippen LogP contribution >= 0.6 is 0 Å². The molecule has 0 atom stereocenters. The lowest BCUT2D eigenvalue weighted by atomic mass is 10.1. The first-order valence-electron chi connectivity index (χ1n) is 7.31. The Balaban J connectivity index is 1.76. The zero-order chi connectivity index (χ0) is 17.1. The zero-order valence-electron chi connectivity index (χ0n) is 13.3. The molecule has 1 aromatic carbocycles. The van der Waals surface area contributed by atoms with E-state index in [1.807, 2.05) is 24.3 Å². The van der Waals surface area contributed by atoms with Gasteiger partial charge < -0.3 is 24.7 Å². The van der Waals surface area contributed by atoms with E-state index in [-0.39, 0.29) is 23.0 Å². The van der Waals surface area contributed by atoms with Crippen LogP contribution in [0.2, 0.25) is 0 Å². The number of nitrogens with zero attached hydrogens (tertiary/aromatic N) is 1. The first-order chi connectivity index (χ1) is 11.6. The third-order valence-corrected chi connectivity index (χ3v) is 3.53. The SMILES string of the molecule is COc1ccc(CNC(=O)c2c(-c3ccc(C)o3)noc2N)cc1. The highest BCUT2D eigenvalue weighted by Crippen LogP contribution is 2.28. The largest absolute Gasteiger partial charge is 0.497 e. The molecule has 0 saturated heterocycles. The Morgan fingerprint density at radius 3 is 2.62 bits per heavy atom. The summed E-state index contributed by atoms with van der Waals surface area (Å²) in [6, 6.07) is 10.9. The number of aryl methyl sites for hydroxylation is 1. The van der Waals surface area contributed by atoms with Crippen LogP contribution in [0.1, 0.15) is 21.7 Å². The smallest absolute Gasteiger partial charge is 0.259 e. The fourth-order valence-corrected chi connectivity index (χ4v) is 2.27. The topological polar surface area (TPSA) is 104 Å². The molecule has 7 nitrogen and oxygen atoms in total. The minimum Gasteiger partial charge on any atom is -0.497 e. The number of hydrogen-bond acceptors (Lipinski definition) is 6. The van der Waals surface area contributed by atoms with Gasteiger partial charge in [0.2, 0.25) is 5.88 Å². The van der Waals surface area contributed by atoms with Crippen LogP contribution in [0.4, 0.5) is 5.88 Å². The molecule has 2 heterocycles. The number of rotatable bonds is 5. The molecule has 0 spiro atoms. The number of nitrogen functional groups attached to an aromatic ring is 1. The van der Waals surface area contributed by atoms with Gasteiger partial charge in [-0.15, -0.1) is 0 Å². The van der Waals surface area contributed by atoms with Gasteiger partial charge in [-0.05, 0) is 36.8 Å². The molecule has 0 bridgehead atoms. The van der Waals surface area contributed by atoms with Gasteiger partial charge in [-0.1, -0.05) is 17.3 Å². The predicted molar refractivity (Wildman–Crippen MR) is 87.5 cm³/mol. The number of amides is 1. The molecule has 0 aliphatic carbocycles. The van der Waals surface area contributed by atoms with E-state index >= 15 is 0 Å². The van der Waals surface area contributed by atoms with Gasteiger partial charge in [-0.2, -0.15) is 0 Å². The molecule has 3 N–H and O–H groups in total. The molecule has 24 heavy (non-hydrogen) atoms. The summed E-state index contributed by atoms with van der Waals surface area (Å²) in [5, 5.41) is 6.62. The number of furan rings is 1. The molecule has 3 rings (SSSR count). The third kappa shape index (κ3) is 3.10. The number of methoxy groups -OCH3 is 1. The molecule has 0 saturated carbocycles. The zero-order valence-corrected chi connectivity index (χ0v) is 13.3. The maximum Gasteiger partial charge on any atom is 0.259 e. The van der Waals surface area contributed by atoms with Crippen molar-refractivity contribution in [1.82, 2.24) is 10.5 Å². The Hall–Kier alpha value is -3.22. The highest BCUT2D eigenvalue weighted by Gasteiger charge is 2.24. The Kier molecular flexibility index (Phi) is 4.24. The molecule has 2 aromatic heterocycles. The fraction of sp³-hybridized carbons (Fsp3) is 0.176. The number of ether oxygens (including phenoxy) is 1. The molecule has 0 radical (unpaired) electrons. The van der Waals surface area contributed by atoms with Crippen LogP contribution in [0.25, 0.3) is 11.5 Å². The maximum atomic E-state index is 12.5. The lowest BCUT2D eigenvalue weighted by Crippen LogP contribution is -2.23. The van der Waals surface area contributed by atoms with E-state index in [2.05, 4.69) is 10.5 Å². The molecular formula is C17H17N3O4. The maximum absolute atomic E-state index is 12.5. The highest BCUT2D eigenvalue weighted by atomic mass is 16.5. The quantitative estimate of drug-likeness (QED) is 0.747. The van der Waals surface area contributed by atoms with E-state index in [1.165, 1.54) is 0 Å². The Morgan fingerprint density at radius 2 is 2.00 bits per heavy atom. The van der Waals surface area contributed by atoms with E-state index in [1.54, 1.807) is 26.2 Å². The summed E-state index contributed by atoms with van der Waals surface area (Å²) in [6.45, 7) is 2.14. The second kappa shape index (κ2) is 6.49. The molecular weight excluding hydrogens is 310 g/mol. The van der Waals surface area contributed by atoms with Gasteiger partial charge in [0, 0.05) is 6.54 Å². The monoisotopic (exact) mass is 327 g/mol. The average Bonchev–Trinajstić information content (AvgIpc) is 3.18. The third-order valence-electron chi connectivity index (χ3n) is 3.53. The summed E-state index contributed by atoms with van der Waals surface area (Å²) >= 11 is 0. The van der Waals surface area contributed by atoms with Gasteiger partial charge in [0.25, 0.3) is 5.91 Å². The number of carbonyl (C=O) groups is 1. The van der Waals surface area contributed by atoms with Gasteiger partial charge in [0.1, 0.15) is 17.1 Å². The molecule has 0 unspecified atom stereocenters. The lowest BCUT2D eigenvalue weighted by molar-refractivity contribution is 0.0952. The second-order valence-corrected chi connectivity index (χ2v) is 5.21. The summed E-state index contributed by atoms with van der Waals surface area (Å²) in [4.78, 5) is 12.5. The summed E-state index contributed by atoms with van der Waals surface area (Å²) in [7, 11) is 1.60. The lowest BCUT2D eigenvalue weighted by Gasteiger charge is -2.06. The van der Waals surface area contributed by atoms with Crippen molar-refractivity contribution >= 4 is 11.8 Å². The van der Waals surface area contributed by atoms with Crippen molar-refractivity contribution in [2.45, 2.75) is 13.5 Å². The number of nitrogens with two attached hydrogens (primary N) is 1. The van der Waals surface area contributed by atoms with Crippen molar-refractivity contribution in [1.29, 1.82) is 0 Å². The van der Waals surface area contributed by atoms with Crippen LogP contribution in [0.3, 0.4) is 0 Å². The van der Waals surface area contributed by atoms with Crippen LogP contribution in [-0.2, 0) is 6.54 Å². The standard InChI is InChI=1S/C17H17N3O4/c1-10-3-8-13(23-10)15-14(16(18)24-20-15)17(21)19-9-11-4-6-12(22-2)7-5-11/h3-8H,9,18H2,1-2H3,(H,19,21). The first-order valence-corrected chi connectivity index (χ1v) is 7.31. The summed E-state index contributed by atoms with van der Waals surface area (Å²) < 4.78 is 15.5. The normalized spacial score (nSPS) is 10.6. The van der Waals surface area contributed by atoms with Crippen LogP contribution in [0, 0.1) is 6.92 Å². The predicted octanol–water partition coefficient (Wildman–Crippen LogP) is 2.76. The number of hydrogen-bond donors (Lipinski definition) is 2. The minimum absolute atomic E-state index is 0.0497. The van der Waals surface area contributed by atoms with Gasteiger partial charge in [-0.3, -0.25) is 4.79 Å². The van der Waals surface area contributed by atoms with E-state index in [0.717, 1.165) is 11.3 Å². The Labute approximate surface area is 138 Å². The minimum atomic E-state index is -0.381.